The summed E-state index contributed by atoms with van der Waals surface area (Å²) in [6, 6.07) is 7.76. The number of nitrogens with zero attached hydrogens (tertiary/aromatic N) is 4. The number of oxazole rings is 1. The lowest BCUT2D eigenvalue weighted by Gasteiger charge is -2.21. The number of hydrogen-bond acceptors (Lipinski definition) is 6. The van der Waals surface area contributed by atoms with Crippen molar-refractivity contribution < 1.29 is 4.42 Å². The van der Waals surface area contributed by atoms with Crippen LogP contribution in [0.25, 0.3) is 11.1 Å². The van der Waals surface area contributed by atoms with Crippen LogP contribution in [0.1, 0.15) is 24.6 Å². The predicted octanol–water partition coefficient (Wildman–Crippen LogP) is 2.57. The lowest BCUT2D eigenvalue weighted by molar-refractivity contribution is 0.436. The van der Waals surface area contributed by atoms with E-state index in [0.29, 0.717) is 11.1 Å². The van der Waals surface area contributed by atoms with E-state index in [9.17, 15) is 0 Å². The highest BCUT2D eigenvalue weighted by Gasteiger charge is 2.22. The molecule has 1 N–H and O–H groups in total. The Hall–Kier alpha value is -1.86. The topological polar surface area (TPSA) is 68.8 Å². The smallest absolute Gasteiger partial charge is 0.264 e. The van der Waals surface area contributed by atoms with Crippen LogP contribution in [0.4, 0.5) is 0 Å². The molecule has 1 aliphatic rings. The van der Waals surface area contributed by atoms with Crippen molar-refractivity contribution in [1.82, 2.24) is 25.1 Å². The van der Waals surface area contributed by atoms with Gasteiger partial charge in [-0.2, -0.15) is 0 Å². The van der Waals surface area contributed by atoms with Crippen molar-refractivity contribution in [3.63, 3.8) is 0 Å². The Balaban J connectivity index is 1.59. The van der Waals surface area contributed by atoms with Crippen LogP contribution in [0.3, 0.4) is 0 Å². The first-order chi connectivity index (χ1) is 10.8. The number of fused-ring (bicyclic) bond motifs is 1. The molecule has 2 aromatic heterocycles. The largest absolute Gasteiger partial charge is 0.431 e. The Morgan fingerprint density at radius 2 is 2.23 bits per heavy atom. The van der Waals surface area contributed by atoms with E-state index in [1.54, 1.807) is 0 Å². The fourth-order valence-corrected chi connectivity index (χ4v) is 3.56. The molecule has 1 aromatic carbocycles. The van der Waals surface area contributed by atoms with E-state index in [2.05, 4.69) is 25.1 Å². The summed E-state index contributed by atoms with van der Waals surface area (Å²) in [4.78, 5) is 4.47. The molecule has 4 rings (SSSR count). The summed E-state index contributed by atoms with van der Waals surface area (Å²) in [5, 5.41) is 13.5. The monoisotopic (exact) mass is 315 g/mol. The maximum atomic E-state index is 5.74. The van der Waals surface area contributed by atoms with Gasteiger partial charge in [0.25, 0.3) is 5.22 Å². The Morgan fingerprint density at radius 1 is 1.32 bits per heavy atom. The summed E-state index contributed by atoms with van der Waals surface area (Å²) in [5.74, 6) is 1.47. The first kappa shape index (κ1) is 13.8. The van der Waals surface area contributed by atoms with E-state index < -0.39 is 0 Å². The molecule has 0 amide bonds. The molecule has 0 spiro atoms. The number of hydrogen-bond donors (Lipinski definition) is 1. The number of para-hydroxylation sites is 2. The minimum absolute atomic E-state index is 0.434. The molecule has 0 bridgehead atoms. The molecule has 0 aliphatic carbocycles. The van der Waals surface area contributed by atoms with Crippen LogP contribution in [0.2, 0.25) is 0 Å². The first-order valence-electron chi connectivity index (χ1n) is 7.44. The molecule has 1 atom stereocenters. The molecule has 22 heavy (non-hydrogen) atoms. The van der Waals surface area contributed by atoms with Gasteiger partial charge in [-0.15, -0.1) is 10.2 Å². The van der Waals surface area contributed by atoms with Gasteiger partial charge in [-0.25, -0.2) is 4.98 Å². The second-order valence-corrected chi connectivity index (χ2v) is 6.41. The van der Waals surface area contributed by atoms with Crippen molar-refractivity contribution in [2.45, 2.75) is 29.1 Å². The summed E-state index contributed by atoms with van der Waals surface area (Å²) in [6.07, 6.45) is 2.34. The van der Waals surface area contributed by atoms with Crippen LogP contribution >= 0.6 is 11.8 Å². The van der Waals surface area contributed by atoms with Gasteiger partial charge < -0.3 is 14.3 Å². The summed E-state index contributed by atoms with van der Waals surface area (Å²) in [5.41, 5.74) is 1.66. The molecular weight excluding hydrogens is 298 g/mol. The summed E-state index contributed by atoms with van der Waals surface area (Å²) in [7, 11) is 2.01. The molecule has 1 unspecified atom stereocenters. The third-order valence-electron chi connectivity index (χ3n) is 3.98. The average Bonchev–Trinajstić information content (AvgIpc) is 3.12. The predicted molar refractivity (Wildman–Crippen MR) is 84.0 cm³/mol. The highest BCUT2D eigenvalue weighted by molar-refractivity contribution is 7.99. The van der Waals surface area contributed by atoms with Gasteiger partial charge in [0.05, 0.1) is 0 Å². The first-order valence-corrected chi connectivity index (χ1v) is 8.26. The minimum Gasteiger partial charge on any atom is -0.431 e. The third-order valence-corrected chi connectivity index (χ3v) is 4.87. The van der Waals surface area contributed by atoms with Crippen LogP contribution in [-0.2, 0) is 7.05 Å². The molecular formula is C15H17N5OS. The standard InChI is InChI=1S/C15H17N5OS/c1-20-13(10-5-4-8-16-9-10)18-19-14(20)22-15-17-11-6-2-3-7-12(11)21-15/h2-3,6-7,10,16H,4-5,8-9H2,1H3. The van der Waals surface area contributed by atoms with Crippen molar-refractivity contribution >= 4 is 22.9 Å². The number of benzene rings is 1. The second kappa shape index (κ2) is 5.73. The molecule has 1 saturated heterocycles. The molecule has 0 radical (unpaired) electrons. The molecule has 1 aliphatic heterocycles. The molecule has 3 heterocycles. The summed E-state index contributed by atoms with van der Waals surface area (Å²) < 4.78 is 7.79. The molecule has 6 nitrogen and oxygen atoms in total. The summed E-state index contributed by atoms with van der Waals surface area (Å²) in [6.45, 7) is 2.07. The van der Waals surface area contributed by atoms with Crippen molar-refractivity contribution in [3.05, 3.63) is 30.1 Å². The number of rotatable bonds is 3. The van der Waals surface area contributed by atoms with Crippen LogP contribution in [0.5, 0.6) is 0 Å². The number of nitrogens with one attached hydrogen (secondary N) is 1. The van der Waals surface area contributed by atoms with Crippen molar-refractivity contribution in [1.29, 1.82) is 0 Å². The zero-order valence-corrected chi connectivity index (χ0v) is 13.1. The van der Waals surface area contributed by atoms with Gasteiger partial charge in [-0.05, 0) is 31.5 Å². The van der Waals surface area contributed by atoms with Crippen molar-refractivity contribution in [2.24, 2.45) is 7.05 Å². The highest BCUT2D eigenvalue weighted by Crippen LogP contribution is 2.30. The Kier molecular flexibility index (Phi) is 3.59. The molecule has 0 saturated carbocycles. The lowest BCUT2D eigenvalue weighted by Crippen LogP contribution is -2.29. The number of piperidine rings is 1. The lowest BCUT2D eigenvalue weighted by atomic mass is 9.99. The van der Waals surface area contributed by atoms with E-state index in [1.165, 1.54) is 18.2 Å². The normalized spacial score (nSPS) is 18.9. The van der Waals surface area contributed by atoms with Crippen LogP contribution in [0, 0.1) is 0 Å². The van der Waals surface area contributed by atoms with E-state index >= 15 is 0 Å². The van der Waals surface area contributed by atoms with Crippen LogP contribution in [0.15, 0.2) is 39.1 Å². The highest BCUT2D eigenvalue weighted by atomic mass is 32.2. The Bertz CT molecular complexity index is 757. The van der Waals surface area contributed by atoms with Gasteiger partial charge in [-0.3, -0.25) is 0 Å². The van der Waals surface area contributed by atoms with Gasteiger partial charge in [0.2, 0.25) is 0 Å². The second-order valence-electron chi connectivity index (χ2n) is 5.49. The fraction of sp³-hybridized carbons (Fsp3) is 0.400. The Labute approximate surface area is 132 Å². The van der Waals surface area contributed by atoms with Crippen LogP contribution < -0.4 is 5.32 Å². The maximum absolute atomic E-state index is 5.74. The summed E-state index contributed by atoms with van der Waals surface area (Å²) >= 11 is 1.42. The van der Waals surface area contributed by atoms with Crippen molar-refractivity contribution in [2.75, 3.05) is 13.1 Å². The SMILES string of the molecule is Cn1c(Sc2nc3ccccc3o2)nnc1C1CCCNC1. The van der Waals surface area contributed by atoms with E-state index in [1.807, 2.05) is 31.3 Å². The third kappa shape index (κ3) is 2.50. The molecule has 114 valence electrons. The van der Waals surface area contributed by atoms with E-state index in [0.717, 1.165) is 41.6 Å². The zero-order chi connectivity index (χ0) is 14.9. The quantitative estimate of drug-likeness (QED) is 0.801. The van der Waals surface area contributed by atoms with E-state index in [4.69, 9.17) is 4.42 Å². The minimum atomic E-state index is 0.434. The van der Waals surface area contributed by atoms with Crippen molar-refractivity contribution in [3.8, 4) is 0 Å². The van der Waals surface area contributed by atoms with Gasteiger partial charge in [-0.1, -0.05) is 12.1 Å². The fourth-order valence-electron chi connectivity index (χ4n) is 2.82. The van der Waals surface area contributed by atoms with Crippen LogP contribution in [-0.4, -0.2) is 32.8 Å². The van der Waals surface area contributed by atoms with E-state index in [-0.39, 0.29) is 0 Å². The van der Waals surface area contributed by atoms with Gasteiger partial charge in [0, 0.05) is 31.3 Å². The zero-order valence-electron chi connectivity index (χ0n) is 12.3. The molecule has 1 fully saturated rings. The Morgan fingerprint density at radius 3 is 3.05 bits per heavy atom. The van der Waals surface area contributed by atoms with Gasteiger partial charge in [0.15, 0.2) is 10.7 Å². The van der Waals surface area contributed by atoms with Gasteiger partial charge >= 0.3 is 0 Å². The number of aromatic nitrogens is 4. The maximum Gasteiger partial charge on any atom is 0.264 e. The molecule has 7 heteroatoms. The average molecular weight is 315 g/mol. The van der Waals surface area contributed by atoms with Gasteiger partial charge in [0.1, 0.15) is 11.3 Å². The molecule has 3 aromatic rings.